The molecule has 1 aromatic rings. The highest BCUT2D eigenvalue weighted by Gasteiger charge is 2.10. The van der Waals surface area contributed by atoms with Crippen LogP contribution in [0.1, 0.15) is 45.1 Å². The molecule has 0 aliphatic carbocycles. The van der Waals surface area contributed by atoms with Crippen molar-refractivity contribution in [3.05, 3.63) is 29.8 Å². The van der Waals surface area contributed by atoms with E-state index in [1.807, 2.05) is 31.2 Å². The van der Waals surface area contributed by atoms with Crippen LogP contribution in [0.15, 0.2) is 24.3 Å². The van der Waals surface area contributed by atoms with Crippen LogP contribution in [-0.2, 0) is 16.1 Å². The Balaban J connectivity index is 2.32. The number of nitrogens with one attached hydrogen (secondary N) is 1. The summed E-state index contributed by atoms with van der Waals surface area (Å²) in [6.07, 6.45) is 2.50. The van der Waals surface area contributed by atoms with Gasteiger partial charge in [0.2, 0.25) is 5.91 Å². The molecule has 0 radical (unpaired) electrons. The Labute approximate surface area is 131 Å². The van der Waals surface area contributed by atoms with Crippen molar-refractivity contribution < 1.29 is 19.4 Å². The minimum Gasteiger partial charge on any atom is -0.494 e. The average molecular weight is 307 g/mol. The first-order valence-electron chi connectivity index (χ1n) is 7.74. The summed E-state index contributed by atoms with van der Waals surface area (Å²) in [5, 5.41) is 11.5. The molecule has 5 nitrogen and oxygen atoms in total. The lowest BCUT2D eigenvalue weighted by Gasteiger charge is -2.11. The second-order valence-corrected chi connectivity index (χ2v) is 5.40. The van der Waals surface area contributed by atoms with Crippen LogP contribution in [0.2, 0.25) is 0 Å². The van der Waals surface area contributed by atoms with E-state index >= 15 is 0 Å². The fourth-order valence-corrected chi connectivity index (χ4v) is 2.04. The highest BCUT2D eigenvalue weighted by Crippen LogP contribution is 2.13. The van der Waals surface area contributed by atoms with Gasteiger partial charge in [0.1, 0.15) is 5.75 Å². The third-order valence-electron chi connectivity index (χ3n) is 3.36. The topological polar surface area (TPSA) is 75.6 Å². The number of hydrogen-bond acceptors (Lipinski definition) is 3. The summed E-state index contributed by atoms with van der Waals surface area (Å²) < 4.78 is 5.46. The molecule has 0 aromatic heterocycles. The normalized spacial score (nSPS) is 11.7. The lowest BCUT2D eigenvalue weighted by Crippen LogP contribution is -2.28. The molecule has 122 valence electrons. The van der Waals surface area contributed by atoms with E-state index in [2.05, 4.69) is 12.2 Å². The Hall–Kier alpha value is -2.04. The van der Waals surface area contributed by atoms with Gasteiger partial charge in [-0.05, 0) is 30.5 Å². The second kappa shape index (κ2) is 9.82. The molecular weight excluding hydrogens is 282 g/mol. The van der Waals surface area contributed by atoms with Gasteiger partial charge >= 0.3 is 5.97 Å². The summed E-state index contributed by atoms with van der Waals surface area (Å²) in [6.45, 7) is 4.90. The molecule has 1 unspecified atom stereocenters. The highest BCUT2D eigenvalue weighted by molar-refractivity contribution is 5.78. The number of carboxylic acids is 1. The van der Waals surface area contributed by atoms with Crippen molar-refractivity contribution in [3.8, 4) is 5.75 Å². The zero-order chi connectivity index (χ0) is 16.4. The van der Waals surface area contributed by atoms with Crippen LogP contribution in [0.3, 0.4) is 0 Å². The number of rotatable bonds is 10. The van der Waals surface area contributed by atoms with E-state index in [1.54, 1.807) is 0 Å². The predicted molar refractivity (Wildman–Crippen MR) is 84.7 cm³/mol. The molecule has 2 N–H and O–H groups in total. The van der Waals surface area contributed by atoms with Gasteiger partial charge in [0.05, 0.1) is 6.61 Å². The van der Waals surface area contributed by atoms with Crippen molar-refractivity contribution in [2.24, 2.45) is 5.92 Å². The average Bonchev–Trinajstić information content (AvgIpc) is 2.50. The van der Waals surface area contributed by atoms with Gasteiger partial charge in [0.25, 0.3) is 0 Å². The first kappa shape index (κ1) is 18.0. The van der Waals surface area contributed by atoms with Gasteiger partial charge in [0, 0.05) is 18.9 Å². The van der Waals surface area contributed by atoms with Crippen molar-refractivity contribution in [3.63, 3.8) is 0 Å². The minimum atomic E-state index is -0.813. The molecule has 0 fully saturated rings. The molecule has 0 aliphatic heterocycles. The Morgan fingerprint density at radius 2 is 1.95 bits per heavy atom. The Morgan fingerprint density at radius 1 is 1.27 bits per heavy atom. The quantitative estimate of drug-likeness (QED) is 0.652. The number of hydrogen-bond donors (Lipinski definition) is 2. The maximum Gasteiger partial charge on any atom is 0.303 e. The number of amides is 1. The van der Waals surface area contributed by atoms with E-state index in [9.17, 15) is 9.59 Å². The van der Waals surface area contributed by atoms with Crippen molar-refractivity contribution in [1.82, 2.24) is 5.32 Å². The lowest BCUT2D eigenvalue weighted by molar-refractivity contribution is -0.137. The van der Waals surface area contributed by atoms with Gasteiger partial charge in [-0.3, -0.25) is 9.59 Å². The van der Waals surface area contributed by atoms with Crippen LogP contribution >= 0.6 is 0 Å². The smallest absolute Gasteiger partial charge is 0.303 e. The number of benzene rings is 1. The van der Waals surface area contributed by atoms with E-state index in [0.29, 0.717) is 25.3 Å². The summed E-state index contributed by atoms with van der Waals surface area (Å²) in [6, 6.07) is 7.46. The third-order valence-corrected chi connectivity index (χ3v) is 3.36. The molecule has 1 rings (SSSR count). The van der Waals surface area contributed by atoms with Crippen molar-refractivity contribution >= 4 is 11.9 Å². The minimum absolute atomic E-state index is 0.0434. The van der Waals surface area contributed by atoms with Crippen LogP contribution < -0.4 is 10.1 Å². The molecular formula is C17H25NO4. The maximum atomic E-state index is 11.8. The lowest BCUT2D eigenvalue weighted by atomic mass is 10.1. The monoisotopic (exact) mass is 307 g/mol. The van der Waals surface area contributed by atoms with Crippen LogP contribution in [0, 0.1) is 5.92 Å². The Morgan fingerprint density at radius 3 is 2.55 bits per heavy atom. The SMILES string of the molecule is CCCC(C)C(=O)NCc1ccc(OCCCC(=O)O)cc1. The summed E-state index contributed by atoms with van der Waals surface area (Å²) in [7, 11) is 0. The number of carboxylic acid groups (broad SMARTS) is 1. The predicted octanol–water partition coefficient (Wildman–Crippen LogP) is 2.98. The molecule has 22 heavy (non-hydrogen) atoms. The van der Waals surface area contributed by atoms with Crippen molar-refractivity contribution in [1.29, 1.82) is 0 Å². The molecule has 0 spiro atoms. The maximum absolute atomic E-state index is 11.8. The third kappa shape index (κ3) is 7.11. The van der Waals surface area contributed by atoms with Crippen LogP contribution in [0.4, 0.5) is 0 Å². The first-order chi connectivity index (χ1) is 10.5. The second-order valence-electron chi connectivity index (χ2n) is 5.40. The van der Waals surface area contributed by atoms with Gasteiger partial charge in [-0.1, -0.05) is 32.4 Å². The number of carbonyl (C=O) groups excluding carboxylic acids is 1. The highest BCUT2D eigenvalue weighted by atomic mass is 16.5. The van der Waals surface area contributed by atoms with Crippen LogP contribution in [0.5, 0.6) is 5.75 Å². The largest absolute Gasteiger partial charge is 0.494 e. The van der Waals surface area contributed by atoms with E-state index < -0.39 is 5.97 Å². The standard InChI is InChI=1S/C17H25NO4/c1-3-5-13(2)17(21)18-12-14-7-9-15(10-8-14)22-11-4-6-16(19)20/h7-10,13H,3-6,11-12H2,1-2H3,(H,18,21)(H,19,20). The number of aliphatic carboxylic acids is 1. The molecule has 1 atom stereocenters. The van der Waals surface area contributed by atoms with Gasteiger partial charge in [-0.15, -0.1) is 0 Å². The molecule has 1 amide bonds. The molecule has 0 aliphatic rings. The van der Waals surface area contributed by atoms with E-state index in [0.717, 1.165) is 18.4 Å². The van der Waals surface area contributed by atoms with E-state index in [4.69, 9.17) is 9.84 Å². The molecule has 0 saturated heterocycles. The molecule has 1 aromatic carbocycles. The summed E-state index contributed by atoms with van der Waals surface area (Å²) in [5.74, 6) is 0.0181. The zero-order valence-corrected chi connectivity index (χ0v) is 13.3. The molecule has 0 saturated carbocycles. The fraction of sp³-hybridized carbons (Fsp3) is 0.529. The summed E-state index contributed by atoms with van der Waals surface area (Å²) in [5.41, 5.74) is 1.01. The molecule has 0 bridgehead atoms. The van der Waals surface area contributed by atoms with Crippen LogP contribution in [0.25, 0.3) is 0 Å². The van der Waals surface area contributed by atoms with Crippen LogP contribution in [-0.4, -0.2) is 23.6 Å². The molecule has 0 heterocycles. The zero-order valence-electron chi connectivity index (χ0n) is 13.3. The van der Waals surface area contributed by atoms with Gasteiger partial charge < -0.3 is 15.2 Å². The van der Waals surface area contributed by atoms with Crippen molar-refractivity contribution in [2.45, 2.75) is 46.1 Å². The molecule has 5 heteroatoms. The first-order valence-corrected chi connectivity index (χ1v) is 7.74. The van der Waals surface area contributed by atoms with Gasteiger partial charge in [0.15, 0.2) is 0 Å². The fourth-order valence-electron chi connectivity index (χ4n) is 2.04. The van der Waals surface area contributed by atoms with E-state index in [1.165, 1.54) is 0 Å². The van der Waals surface area contributed by atoms with E-state index in [-0.39, 0.29) is 18.2 Å². The van der Waals surface area contributed by atoms with Gasteiger partial charge in [-0.25, -0.2) is 0 Å². The van der Waals surface area contributed by atoms with Crippen molar-refractivity contribution in [2.75, 3.05) is 6.61 Å². The van der Waals surface area contributed by atoms with Gasteiger partial charge in [-0.2, -0.15) is 0 Å². The summed E-state index contributed by atoms with van der Waals surface area (Å²) >= 11 is 0. The Kier molecular flexibility index (Phi) is 8.04. The Bertz CT molecular complexity index is 470. The number of ether oxygens (including phenoxy) is 1. The summed E-state index contributed by atoms with van der Waals surface area (Å²) in [4.78, 5) is 22.2. The number of carbonyl (C=O) groups is 2.